The van der Waals surface area contributed by atoms with Crippen LogP contribution in [0.2, 0.25) is 0 Å². The molecule has 2 aromatic rings. The normalized spacial score (nSPS) is 18.8. The second-order valence-electron chi connectivity index (χ2n) is 5.95. The molecule has 3 rings (SSSR count). The molecule has 0 saturated carbocycles. The van der Waals surface area contributed by atoms with E-state index in [4.69, 9.17) is 0 Å². The number of likely N-dealkylation sites (tertiary alicyclic amines) is 1. The summed E-state index contributed by atoms with van der Waals surface area (Å²) in [7, 11) is 0. The number of hydrogen-bond acceptors (Lipinski definition) is 2. The molecule has 0 spiro atoms. The first-order valence-corrected chi connectivity index (χ1v) is 8.77. The lowest BCUT2D eigenvalue weighted by atomic mass is 9.93. The predicted octanol–water partition coefficient (Wildman–Crippen LogP) is 4.71. The second kappa shape index (κ2) is 7.40. The highest BCUT2D eigenvalue weighted by atomic mass is 79.9. The summed E-state index contributed by atoms with van der Waals surface area (Å²) in [5, 5.41) is 11.0. The van der Waals surface area contributed by atoms with Crippen LogP contribution in [-0.2, 0) is 0 Å². The Morgan fingerprint density at radius 3 is 2.09 bits per heavy atom. The number of aliphatic hydroxyl groups is 1. The lowest BCUT2D eigenvalue weighted by Crippen LogP contribution is -2.37. The Bertz CT molecular complexity index is 578. The number of rotatable bonds is 4. The van der Waals surface area contributed by atoms with E-state index < -0.39 is 6.10 Å². The highest BCUT2D eigenvalue weighted by Crippen LogP contribution is 2.36. The third-order valence-electron chi connectivity index (χ3n) is 4.44. The van der Waals surface area contributed by atoms with Crippen molar-refractivity contribution in [2.45, 2.75) is 31.4 Å². The molecule has 2 nitrogen and oxygen atoms in total. The van der Waals surface area contributed by atoms with Crippen LogP contribution in [-0.4, -0.2) is 23.1 Å². The van der Waals surface area contributed by atoms with Gasteiger partial charge in [0, 0.05) is 4.47 Å². The van der Waals surface area contributed by atoms with E-state index in [2.05, 4.69) is 45.1 Å². The van der Waals surface area contributed by atoms with Gasteiger partial charge >= 0.3 is 0 Å². The van der Waals surface area contributed by atoms with Crippen LogP contribution in [0.3, 0.4) is 0 Å². The van der Waals surface area contributed by atoms with Gasteiger partial charge in [0.05, 0.1) is 12.1 Å². The van der Waals surface area contributed by atoms with Crippen molar-refractivity contribution in [2.75, 3.05) is 13.1 Å². The maximum atomic E-state index is 11.0. The Morgan fingerprint density at radius 2 is 1.45 bits per heavy atom. The van der Waals surface area contributed by atoms with Crippen LogP contribution in [0.25, 0.3) is 0 Å². The van der Waals surface area contributed by atoms with Gasteiger partial charge in [-0.25, -0.2) is 0 Å². The van der Waals surface area contributed by atoms with E-state index in [1.807, 2.05) is 30.3 Å². The molecule has 0 radical (unpaired) electrons. The third kappa shape index (κ3) is 3.60. The van der Waals surface area contributed by atoms with Gasteiger partial charge in [-0.15, -0.1) is 0 Å². The lowest BCUT2D eigenvalue weighted by molar-refractivity contribution is 0.0362. The molecule has 3 heteroatoms. The summed E-state index contributed by atoms with van der Waals surface area (Å²) in [4.78, 5) is 2.44. The molecule has 1 aliphatic rings. The Morgan fingerprint density at radius 1 is 0.818 bits per heavy atom. The van der Waals surface area contributed by atoms with Gasteiger partial charge < -0.3 is 5.11 Å². The van der Waals surface area contributed by atoms with Crippen molar-refractivity contribution < 1.29 is 5.11 Å². The molecule has 1 N–H and O–H groups in total. The van der Waals surface area contributed by atoms with Crippen LogP contribution in [0, 0.1) is 0 Å². The average molecular weight is 360 g/mol. The van der Waals surface area contributed by atoms with Crippen molar-refractivity contribution >= 4 is 15.9 Å². The fourth-order valence-corrected chi connectivity index (χ4v) is 3.55. The Balaban J connectivity index is 1.91. The summed E-state index contributed by atoms with van der Waals surface area (Å²) in [5.74, 6) is 0. The van der Waals surface area contributed by atoms with Crippen molar-refractivity contribution in [3.63, 3.8) is 0 Å². The highest BCUT2D eigenvalue weighted by molar-refractivity contribution is 9.10. The molecule has 0 bridgehead atoms. The molecule has 1 fully saturated rings. The molecule has 0 aliphatic carbocycles. The van der Waals surface area contributed by atoms with Crippen molar-refractivity contribution in [1.82, 2.24) is 4.90 Å². The summed E-state index contributed by atoms with van der Waals surface area (Å²) >= 11 is 3.46. The fraction of sp³-hybridized carbons (Fsp3) is 0.368. The summed E-state index contributed by atoms with van der Waals surface area (Å²) in [6, 6.07) is 18.4. The van der Waals surface area contributed by atoms with Crippen molar-refractivity contribution in [2.24, 2.45) is 0 Å². The first-order chi connectivity index (χ1) is 10.8. The molecule has 2 aromatic carbocycles. The summed E-state index contributed by atoms with van der Waals surface area (Å²) in [6.07, 6.45) is 3.23. The highest BCUT2D eigenvalue weighted by Gasteiger charge is 2.29. The second-order valence-corrected chi connectivity index (χ2v) is 6.86. The molecule has 0 amide bonds. The van der Waals surface area contributed by atoms with Gasteiger partial charge in [0.15, 0.2) is 0 Å². The number of nitrogens with zero attached hydrogens (tertiary/aromatic N) is 1. The minimum atomic E-state index is -0.506. The van der Waals surface area contributed by atoms with Crippen LogP contribution >= 0.6 is 15.9 Å². The van der Waals surface area contributed by atoms with Gasteiger partial charge in [0.2, 0.25) is 0 Å². The van der Waals surface area contributed by atoms with Crippen LogP contribution in [0.15, 0.2) is 59.1 Å². The maximum absolute atomic E-state index is 11.0. The van der Waals surface area contributed by atoms with Crippen LogP contribution in [0.1, 0.15) is 42.5 Å². The molecule has 1 saturated heterocycles. The molecule has 22 heavy (non-hydrogen) atoms. The maximum Gasteiger partial charge on any atom is 0.0986 e. The topological polar surface area (TPSA) is 23.5 Å². The van der Waals surface area contributed by atoms with E-state index >= 15 is 0 Å². The minimum absolute atomic E-state index is 0.0303. The van der Waals surface area contributed by atoms with Crippen LogP contribution < -0.4 is 0 Å². The molecule has 1 heterocycles. The molecular formula is C19H22BrNO. The fourth-order valence-electron chi connectivity index (χ4n) is 3.28. The Labute approximate surface area is 140 Å². The predicted molar refractivity (Wildman–Crippen MR) is 93.7 cm³/mol. The third-order valence-corrected chi connectivity index (χ3v) is 4.96. The van der Waals surface area contributed by atoms with E-state index in [0.29, 0.717) is 0 Å². The molecule has 116 valence electrons. The first kappa shape index (κ1) is 15.7. The summed E-state index contributed by atoms with van der Waals surface area (Å²) in [5.41, 5.74) is 2.17. The first-order valence-electron chi connectivity index (χ1n) is 7.98. The van der Waals surface area contributed by atoms with Crippen molar-refractivity contribution in [3.05, 3.63) is 70.2 Å². The molecule has 1 aliphatic heterocycles. The number of benzene rings is 2. The van der Waals surface area contributed by atoms with E-state index in [0.717, 1.165) is 23.1 Å². The Kier molecular flexibility index (Phi) is 5.29. The van der Waals surface area contributed by atoms with E-state index in [1.165, 1.54) is 24.8 Å². The van der Waals surface area contributed by atoms with Gasteiger partial charge in [-0.05, 0) is 49.2 Å². The van der Waals surface area contributed by atoms with Crippen LogP contribution in [0.4, 0.5) is 0 Å². The molecular weight excluding hydrogens is 338 g/mol. The minimum Gasteiger partial charge on any atom is -0.386 e. The number of halogens is 1. The van der Waals surface area contributed by atoms with Gasteiger partial charge in [0.1, 0.15) is 0 Å². The number of hydrogen-bond donors (Lipinski definition) is 1. The quantitative estimate of drug-likeness (QED) is 0.854. The molecule has 2 atom stereocenters. The monoisotopic (exact) mass is 359 g/mol. The number of piperidine rings is 1. The zero-order valence-corrected chi connectivity index (χ0v) is 14.2. The number of aliphatic hydroxyl groups excluding tert-OH is 1. The van der Waals surface area contributed by atoms with E-state index in [9.17, 15) is 5.11 Å². The zero-order chi connectivity index (χ0) is 15.4. The van der Waals surface area contributed by atoms with Crippen molar-refractivity contribution in [3.8, 4) is 0 Å². The smallest absolute Gasteiger partial charge is 0.0986 e. The SMILES string of the molecule is OC(c1ccc(Br)cc1)C(c1ccccc1)N1CCCCC1. The van der Waals surface area contributed by atoms with Crippen molar-refractivity contribution in [1.29, 1.82) is 0 Å². The lowest BCUT2D eigenvalue weighted by Gasteiger charge is -2.37. The zero-order valence-electron chi connectivity index (χ0n) is 12.7. The molecule has 2 unspecified atom stereocenters. The van der Waals surface area contributed by atoms with Gasteiger partial charge in [-0.3, -0.25) is 4.90 Å². The van der Waals surface area contributed by atoms with Gasteiger partial charge in [0.25, 0.3) is 0 Å². The summed E-state index contributed by atoms with van der Waals surface area (Å²) in [6.45, 7) is 2.13. The van der Waals surface area contributed by atoms with E-state index in [-0.39, 0.29) is 6.04 Å². The van der Waals surface area contributed by atoms with Crippen LogP contribution in [0.5, 0.6) is 0 Å². The van der Waals surface area contributed by atoms with Gasteiger partial charge in [-0.1, -0.05) is 64.8 Å². The standard InChI is InChI=1S/C19H22BrNO/c20-17-11-9-16(10-12-17)19(22)18(15-7-3-1-4-8-15)21-13-5-2-6-14-21/h1,3-4,7-12,18-19,22H,2,5-6,13-14H2. The molecule has 0 aromatic heterocycles. The largest absolute Gasteiger partial charge is 0.386 e. The average Bonchev–Trinajstić information content (AvgIpc) is 2.57. The summed E-state index contributed by atoms with van der Waals surface area (Å²) < 4.78 is 1.04. The Hall–Kier alpha value is -1.16. The van der Waals surface area contributed by atoms with Gasteiger partial charge in [-0.2, -0.15) is 0 Å². The van der Waals surface area contributed by atoms with E-state index in [1.54, 1.807) is 0 Å².